The smallest absolute Gasteiger partial charge is 0.329 e. The summed E-state index contributed by atoms with van der Waals surface area (Å²) in [6, 6.07) is 10.1. The number of amides is 1. The van der Waals surface area contributed by atoms with Gasteiger partial charge in [0, 0.05) is 9.13 Å². The monoisotopic (exact) mass is 609 g/mol. The molecule has 192 valence electrons. The maximum absolute atomic E-state index is 14.5. The van der Waals surface area contributed by atoms with E-state index in [4.69, 9.17) is 9.84 Å². The van der Waals surface area contributed by atoms with Crippen molar-refractivity contribution in [1.29, 1.82) is 0 Å². The second-order valence-electron chi connectivity index (χ2n) is 8.96. The Labute approximate surface area is 221 Å². The maximum Gasteiger partial charge on any atom is 0.329 e. The summed E-state index contributed by atoms with van der Waals surface area (Å²) < 4.78 is 21.6. The molecule has 0 unspecified atom stereocenters. The molecule has 1 atom stereocenters. The molecule has 0 bridgehead atoms. The Morgan fingerprint density at radius 1 is 1.19 bits per heavy atom. The van der Waals surface area contributed by atoms with Crippen molar-refractivity contribution in [1.82, 2.24) is 9.55 Å². The van der Waals surface area contributed by atoms with E-state index in [1.54, 1.807) is 30.3 Å². The van der Waals surface area contributed by atoms with E-state index in [0.717, 1.165) is 36.7 Å². The third-order valence-corrected chi connectivity index (χ3v) is 7.16. The molecule has 1 saturated carbocycles. The van der Waals surface area contributed by atoms with Gasteiger partial charge < -0.3 is 25.3 Å². The fourth-order valence-corrected chi connectivity index (χ4v) is 5.14. The van der Waals surface area contributed by atoms with Crippen molar-refractivity contribution >= 4 is 34.2 Å². The zero-order chi connectivity index (χ0) is 25.7. The lowest BCUT2D eigenvalue weighted by molar-refractivity contribution is -0.120. The van der Waals surface area contributed by atoms with Crippen LogP contribution in [0.2, 0.25) is 0 Å². The predicted molar refractivity (Wildman–Crippen MR) is 143 cm³/mol. The number of imidazole rings is 1. The number of aromatic hydroxyl groups is 1. The number of ether oxygens (including phenoxy) is 1. The second kappa shape index (κ2) is 11.9. The van der Waals surface area contributed by atoms with Crippen molar-refractivity contribution < 1.29 is 24.1 Å². The van der Waals surface area contributed by atoms with E-state index < -0.39 is 23.5 Å². The van der Waals surface area contributed by atoms with Gasteiger partial charge in [-0.25, -0.2) is 9.18 Å². The van der Waals surface area contributed by atoms with Crippen LogP contribution in [0.15, 0.2) is 47.3 Å². The zero-order valence-electron chi connectivity index (χ0n) is 19.7. The average Bonchev–Trinajstić information content (AvgIpc) is 3.17. The quantitative estimate of drug-likeness (QED) is 0.260. The van der Waals surface area contributed by atoms with Crippen molar-refractivity contribution in [2.45, 2.75) is 44.6 Å². The molecule has 2 aromatic carbocycles. The number of carbonyl (C=O) groups is 1. The molecule has 1 fully saturated rings. The number of rotatable bonds is 9. The largest absolute Gasteiger partial charge is 0.493 e. The fraction of sp³-hybridized carbons (Fsp3) is 0.385. The molecule has 3 aromatic rings. The summed E-state index contributed by atoms with van der Waals surface area (Å²) in [6.07, 6.45) is 5.46. The minimum atomic E-state index is -1.02. The first-order valence-electron chi connectivity index (χ1n) is 12.0. The van der Waals surface area contributed by atoms with Gasteiger partial charge in [-0.3, -0.25) is 9.36 Å². The van der Waals surface area contributed by atoms with E-state index in [-0.39, 0.29) is 36.4 Å². The van der Waals surface area contributed by atoms with Crippen LogP contribution in [-0.2, 0) is 4.79 Å². The molecule has 1 amide bonds. The van der Waals surface area contributed by atoms with Crippen LogP contribution in [0.5, 0.6) is 11.6 Å². The molecule has 8 nitrogen and oxygen atoms in total. The van der Waals surface area contributed by atoms with Crippen LogP contribution in [0.25, 0.3) is 11.3 Å². The molecule has 36 heavy (non-hydrogen) atoms. The van der Waals surface area contributed by atoms with Gasteiger partial charge in [0.2, 0.25) is 11.8 Å². The van der Waals surface area contributed by atoms with Crippen LogP contribution in [0, 0.1) is 15.3 Å². The number of anilines is 1. The molecule has 4 rings (SSSR count). The summed E-state index contributed by atoms with van der Waals surface area (Å²) in [6.45, 7) is 0.0339. The third-order valence-electron chi connectivity index (χ3n) is 6.49. The highest BCUT2D eigenvalue weighted by Crippen LogP contribution is 2.35. The first-order chi connectivity index (χ1) is 17.4. The summed E-state index contributed by atoms with van der Waals surface area (Å²) in [5.41, 5.74) is 0.105. The Morgan fingerprint density at radius 2 is 1.92 bits per heavy atom. The van der Waals surface area contributed by atoms with E-state index in [2.05, 4.69) is 10.3 Å². The van der Waals surface area contributed by atoms with E-state index >= 15 is 0 Å². The van der Waals surface area contributed by atoms with Crippen LogP contribution in [-0.4, -0.2) is 38.9 Å². The van der Waals surface area contributed by atoms with Gasteiger partial charge in [0.15, 0.2) is 0 Å². The minimum absolute atomic E-state index is 0.0239. The van der Waals surface area contributed by atoms with Crippen molar-refractivity contribution in [3.63, 3.8) is 0 Å². The van der Waals surface area contributed by atoms with Crippen LogP contribution in [0.1, 0.15) is 44.6 Å². The number of benzene rings is 2. The molecule has 0 saturated heterocycles. The van der Waals surface area contributed by atoms with E-state index in [1.807, 2.05) is 22.6 Å². The highest BCUT2D eigenvalue weighted by Gasteiger charge is 2.31. The first-order valence-corrected chi connectivity index (χ1v) is 13.1. The van der Waals surface area contributed by atoms with Gasteiger partial charge in [-0.05, 0) is 77.4 Å². The van der Waals surface area contributed by atoms with Crippen molar-refractivity contribution in [2.24, 2.45) is 5.92 Å². The number of aliphatic hydroxyl groups excluding tert-OH is 1. The predicted octanol–water partition coefficient (Wildman–Crippen LogP) is 4.81. The van der Waals surface area contributed by atoms with E-state index in [1.165, 1.54) is 12.1 Å². The lowest BCUT2D eigenvalue weighted by Crippen LogP contribution is -2.34. The topological polar surface area (TPSA) is 117 Å². The van der Waals surface area contributed by atoms with Gasteiger partial charge in [-0.15, -0.1) is 0 Å². The summed E-state index contributed by atoms with van der Waals surface area (Å²) in [4.78, 5) is 29.1. The molecule has 10 heteroatoms. The Hall–Kier alpha value is -2.86. The SMILES string of the molecule is O=C(Nc1ccc(I)cc1F)[C@H](CC1CCCCC1)n1c(O)c(-c2ccc(OCCO)cc2)[nH]c1=O. The Kier molecular flexibility index (Phi) is 8.68. The van der Waals surface area contributed by atoms with E-state index in [0.29, 0.717) is 21.3 Å². The number of nitrogens with zero attached hydrogens (tertiary/aromatic N) is 1. The molecule has 1 aromatic heterocycles. The van der Waals surface area contributed by atoms with Crippen molar-refractivity contribution in [2.75, 3.05) is 18.5 Å². The summed E-state index contributed by atoms with van der Waals surface area (Å²) >= 11 is 1.99. The fourth-order valence-electron chi connectivity index (χ4n) is 4.69. The van der Waals surface area contributed by atoms with Crippen LogP contribution in [0.4, 0.5) is 10.1 Å². The highest BCUT2D eigenvalue weighted by atomic mass is 127. The minimum Gasteiger partial charge on any atom is -0.493 e. The summed E-state index contributed by atoms with van der Waals surface area (Å²) in [5.74, 6) is -0.743. The maximum atomic E-state index is 14.5. The number of carbonyl (C=O) groups excluding carboxylic acids is 1. The summed E-state index contributed by atoms with van der Waals surface area (Å²) in [7, 11) is 0. The lowest BCUT2D eigenvalue weighted by atomic mass is 9.84. The number of hydrogen-bond donors (Lipinski definition) is 4. The van der Waals surface area contributed by atoms with Gasteiger partial charge in [0.1, 0.15) is 29.9 Å². The Balaban J connectivity index is 1.66. The number of nitrogens with one attached hydrogen (secondary N) is 2. The molecule has 1 heterocycles. The lowest BCUT2D eigenvalue weighted by Gasteiger charge is -2.26. The van der Waals surface area contributed by atoms with Gasteiger partial charge in [0.25, 0.3) is 0 Å². The highest BCUT2D eigenvalue weighted by molar-refractivity contribution is 14.1. The second-order valence-corrected chi connectivity index (χ2v) is 10.2. The van der Waals surface area contributed by atoms with Gasteiger partial charge in [0.05, 0.1) is 12.3 Å². The van der Waals surface area contributed by atoms with Gasteiger partial charge in [-0.2, -0.15) is 0 Å². The molecule has 4 N–H and O–H groups in total. The van der Waals surface area contributed by atoms with Crippen LogP contribution in [0.3, 0.4) is 0 Å². The van der Waals surface area contributed by atoms with Crippen molar-refractivity contribution in [3.05, 3.63) is 62.3 Å². The number of hydrogen-bond acceptors (Lipinski definition) is 5. The zero-order valence-corrected chi connectivity index (χ0v) is 21.8. The molecule has 1 aliphatic rings. The van der Waals surface area contributed by atoms with Gasteiger partial charge >= 0.3 is 5.69 Å². The third kappa shape index (κ3) is 6.09. The number of aromatic amines is 1. The van der Waals surface area contributed by atoms with Crippen molar-refractivity contribution in [3.8, 4) is 22.9 Å². The van der Waals surface area contributed by atoms with Crippen LogP contribution >= 0.6 is 22.6 Å². The average molecular weight is 609 g/mol. The molecule has 0 radical (unpaired) electrons. The number of aromatic nitrogens is 2. The molecule has 1 aliphatic carbocycles. The number of H-pyrrole nitrogens is 1. The standard InChI is InChI=1S/C26H29FIN3O5/c27-20-15-18(28)8-11-21(20)29-24(33)22(14-16-4-2-1-3-5-16)31-25(34)23(30-26(31)35)17-6-9-19(10-7-17)36-13-12-32/h6-11,15-16,22,32,34H,1-5,12-14H2,(H,29,33)(H,30,35)/t22-/m0/s1. The Morgan fingerprint density at radius 3 is 2.58 bits per heavy atom. The number of halogens is 2. The molecule has 0 aliphatic heterocycles. The number of aliphatic hydroxyl groups is 1. The van der Waals surface area contributed by atoms with E-state index in [9.17, 15) is 19.1 Å². The molecular weight excluding hydrogens is 580 g/mol. The van der Waals surface area contributed by atoms with Gasteiger partial charge in [-0.1, -0.05) is 32.1 Å². The Bertz CT molecular complexity index is 1250. The summed E-state index contributed by atoms with van der Waals surface area (Å²) in [5, 5.41) is 22.6. The molecule has 0 spiro atoms. The van der Waals surface area contributed by atoms with Crippen LogP contribution < -0.4 is 15.7 Å². The molecular formula is C26H29FIN3O5. The first kappa shape index (κ1) is 26.2. The normalized spacial score (nSPS) is 15.0.